The molecular formula is C19H26N2O. The van der Waals surface area contributed by atoms with Crippen molar-refractivity contribution in [2.45, 2.75) is 38.5 Å². The zero-order chi connectivity index (χ0) is 15.1. The molecule has 4 aliphatic carbocycles. The van der Waals surface area contributed by atoms with Crippen molar-refractivity contribution in [1.82, 2.24) is 9.88 Å². The van der Waals surface area contributed by atoms with E-state index in [2.05, 4.69) is 4.98 Å². The van der Waals surface area contributed by atoms with Gasteiger partial charge in [0.15, 0.2) is 0 Å². The smallest absolute Gasteiger partial charge is 0.225 e. The van der Waals surface area contributed by atoms with Gasteiger partial charge in [-0.25, -0.2) is 0 Å². The molecule has 1 heterocycles. The van der Waals surface area contributed by atoms with Crippen molar-refractivity contribution in [1.29, 1.82) is 0 Å². The average Bonchev–Trinajstić information content (AvgIpc) is 2.52. The van der Waals surface area contributed by atoms with E-state index >= 15 is 0 Å². The Morgan fingerprint density at radius 3 is 2.27 bits per heavy atom. The van der Waals surface area contributed by atoms with Crippen LogP contribution in [0, 0.1) is 29.6 Å². The number of amides is 1. The van der Waals surface area contributed by atoms with Gasteiger partial charge in [-0.15, -0.1) is 0 Å². The number of hydrogen-bond acceptors (Lipinski definition) is 2. The van der Waals surface area contributed by atoms with Crippen molar-refractivity contribution in [2.24, 2.45) is 29.6 Å². The summed E-state index contributed by atoms with van der Waals surface area (Å²) in [5, 5.41) is 0. The lowest BCUT2D eigenvalue weighted by Gasteiger charge is -2.54. The van der Waals surface area contributed by atoms with Crippen LogP contribution in [-0.2, 0) is 11.2 Å². The largest absolute Gasteiger partial charge is 0.345 e. The van der Waals surface area contributed by atoms with E-state index in [9.17, 15) is 4.79 Å². The van der Waals surface area contributed by atoms with Gasteiger partial charge < -0.3 is 4.90 Å². The molecule has 0 N–H and O–H groups in total. The number of carbonyl (C=O) groups excluding carboxylic acids is 1. The highest BCUT2D eigenvalue weighted by atomic mass is 16.2. The standard InChI is InChI=1S/C19H26N2O/c1-21(7-4-13-2-5-20-6-3-13)19(22)18-16-9-14-8-15(11-16)12-17(18)10-14/h2-3,5-6,14-18H,4,7-12H2,1H3. The van der Waals surface area contributed by atoms with E-state index in [1.807, 2.05) is 36.5 Å². The summed E-state index contributed by atoms with van der Waals surface area (Å²) in [5.41, 5.74) is 1.26. The molecule has 3 heteroatoms. The fourth-order valence-electron chi connectivity index (χ4n) is 5.54. The van der Waals surface area contributed by atoms with Crippen LogP contribution in [0.25, 0.3) is 0 Å². The fraction of sp³-hybridized carbons (Fsp3) is 0.684. The SMILES string of the molecule is CN(CCc1ccncc1)C(=O)C1C2CC3CC(C2)CC1C3. The summed E-state index contributed by atoms with van der Waals surface area (Å²) in [7, 11) is 1.99. The molecule has 1 aromatic rings. The number of likely N-dealkylation sites (N-methyl/N-ethyl adjacent to an activating group) is 1. The van der Waals surface area contributed by atoms with Crippen molar-refractivity contribution in [3.63, 3.8) is 0 Å². The second kappa shape index (κ2) is 5.68. The predicted octanol–water partition coefficient (Wildman–Crippen LogP) is 3.15. The Bertz CT molecular complexity index is 514. The highest BCUT2D eigenvalue weighted by Gasteiger charge is 2.51. The highest BCUT2D eigenvalue weighted by Crippen LogP contribution is 2.56. The maximum Gasteiger partial charge on any atom is 0.225 e. The molecular weight excluding hydrogens is 272 g/mol. The molecule has 4 saturated carbocycles. The molecule has 3 nitrogen and oxygen atoms in total. The summed E-state index contributed by atoms with van der Waals surface area (Å²) in [6.07, 6.45) is 11.3. The fourth-order valence-corrected chi connectivity index (χ4v) is 5.54. The minimum absolute atomic E-state index is 0.329. The average molecular weight is 298 g/mol. The van der Waals surface area contributed by atoms with Crippen LogP contribution in [0.1, 0.15) is 37.7 Å². The summed E-state index contributed by atoms with van der Waals surface area (Å²) in [6, 6.07) is 4.09. The topological polar surface area (TPSA) is 33.2 Å². The molecule has 5 rings (SSSR count). The zero-order valence-electron chi connectivity index (χ0n) is 13.4. The van der Waals surface area contributed by atoms with Crippen molar-refractivity contribution < 1.29 is 4.79 Å². The minimum Gasteiger partial charge on any atom is -0.345 e. The molecule has 0 spiro atoms. The van der Waals surface area contributed by atoms with E-state index in [1.165, 1.54) is 37.7 Å². The molecule has 0 aromatic carbocycles. The first-order valence-corrected chi connectivity index (χ1v) is 8.84. The van der Waals surface area contributed by atoms with Gasteiger partial charge in [0.2, 0.25) is 5.91 Å². The first-order valence-electron chi connectivity index (χ1n) is 8.84. The Labute approximate surface area is 133 Å². The normalized spacial score (nSPS) is 35.6. The third kappa shape index (κ3) is 2.55. The van der Waals surface area contributed by atoms with E-state index < -0.39 is 0 Å². The molecule has 1 aromatic heterocycles. The number of nitrogens with zero attached hydrogens (tertiary/aromatic N) is 2. The van der Waals surface area contributed by atoms with Crippen molar-refractivity contribution in [2.75, 3.05) is 13.6 Å². The van der Waals surface area contributed by atoms with Gasteiger partial charge in [-0.05, 0) is 79.9 Å². The quantitative estimate of drug-likeness (QED) is 0.855. The number of hydrogen-bond donors (Lipinski definition) is 0. The maximum atomic E-state index is 13.0. The van der Waals surface area contributed by atoms with Crippen LogP contribution in [0.2, 0.25) is 0 Å². The van der Waals surface area contributed by atoms with Crippen LogP contribution < -0.4 is 0 Å². The zero-order valence-corrected chi connectivity index (χ0v) is 13.4. The number of aromatic nitrogens is 1. The summed E-state index contributed by atoms with van der Waals surface area (Å²) in [5.74, 6) is 4.00. The van der Waals surface area contributed by atoms with Crippen LogP contribution in [0.4, 0.5) is 0 Å². The van der Waals surface area contributed by atoms with Crippen molar-refractivity contribution in [3.05, 3.63) is 30.1 Å². The number of carbonyl (C=O) groups is 1. The summed E-state index contributed by atoms with van der Waals surface area (Å²) >= 11 is 0. The lowest BCUT2D eigenvalue weighted by molar-refractivity contribution is -0.147. The lowest BCUT2D eigenvalue weighted by atomic mass is 9.51. The number of rotatable bonds is 4. The Morgan fingerprint density at radius 1 is 1.09 bits per heavy atom. The lowest BCUT2D eigenvalue weighted by Crippen LogP contribution is -2.51. The minimum atomic E-state index is 0.329. The van der Waals surface area contributed by atoms with E-state index in [4.69, 9.17) is 0 Å². The Balaban J connectivity index is 1.39. The van der Waals surface area contributed by atoms with Gasteiger partial charge >= 0.3 is 0 Å². The third-order valence-electron chi connectivity index (χ3n) is 6.37. The molecule has 118 valence electrons. The Morgan fingerprint density at radius 2 is 1.68 bits per heavy atom. The van der Waals surface area contributed by atoms with E-state index in [0.717, 1.165) is 24.8 Å². The first-order chi connectivity index (χ1) is 10.7. The van der Waals surface area contributed by atoms with Gasteiger partial charge in [0, 0.05) is 31.9 Å². The molecule has 0 saturated heterocycles. The van der Waals surface area contributed by atoms with E-state index in [0.29, 0.717) is 23.7 Å². The first kappa shape index (κ1) is 14.2. The maximum absolute atomic E-state index is 13.0. The molecule has 4 fully saturated rings. The molecule has 0 aliphatic heterocycles. The molecule has 22 heavy (non-hydrogen) atoms. The van der Waals surface area contributed by atoms with Gasteiger partial charge in [-0.1, -0.05) is 0 Å². The van der Waals surface area contributed by atoms with E-state index in [-0.39, 0.29) is 0 Å². The molecule has 4 bridgehead atoms. The van der Waals surface area contributed by atoms with Crippen LogP contribution in [0.3, 0.4) is 0 Å². The van der Waals surface area contributed by atoms with Crippen molar-refractivity contribution >= 4 is 5.91 Å². The molecule has 1 amide bonds. The van der Waals surface area contributed by atoms with E-state index in [1.54, 1.807) is 0 Å². The summed E-state index contributed by atoms with van der Waals surface area (Å²) in [6.45, 7) is 0.825. The summed E-state index contributed by atoms with van der Waals surface area (Å²) in [4.78, 5) is 19.0. The Hall–Kier alpha value is -1.38. The highest BCUT2D eigenvalue weighted by molar-refractivity contribution is 5.79. The Kier molecular flexibility index (Phi) is 3.67. The van der Waals surface area contributed by atoms with Gasteiger partial charge in [0.05, 0.1) is 0 Å². The molecule has 0 radical (unpaired) electrons. The van der Waals surface area contributed by atoms with Gasteiger partial charge in [0.25, 0.3) is 0 Å². The van der Waals surface area contributed by atoms with Crippen molar-refractivity contribution in [3.8, 4) is 0 Å². The van der Waals surface area contributed by atoms with Crippen LogP contribution in [0.5, 0.6) is 0 Å². The molecule has 4 aliphatic rings. The van der Waals surface area contributed by atoms with Gasteiger partial charge in [0.1, 0.15) is 0 Å². The summed E-state index contributed by atoms with van der Waals surface area (Å²) < 4.78 is 0. The van der Waals surface area contributed by atoms with Gasteiger partial charge in [-0.2, -0.15) is 0 Å². The van der Waals surface area contributed by atoms with Crippen LogP contribution >= 0.6 is 0 Å². The second-order valence-electron chi connectivity index (χ2n) is 7.82. The predicted molar refractivity (Wildman–Crippen MR) is 86.1 cm³/mol. The van der Waals surface area contributed by atoms with Gasteiger partial charge in [-0.3, -0.25) is 9.78 Å². The number of pyridine rings is 1. The third-order valence-corrected chi connectivity index (χ3v) is 6.37. The second-order valence-corrected chi connectivity index (χ2v) is 7.82. The van der Waals surface area contributed by atoms with Crippen LogP contribution in [-0.4, -0.2) is 29.4 Å². The molecule has 0 unspecified atom stereocenters. The molecule has 0 atom stereocenters. The monoisotopic (exact) mass is 298 g/mol. The van der Waals surface area contributed by atoms with Crippen LogP contribution in [0.15, 0.2) is 24.5 Å².